The maximum Gasteiger partial charge on any atom is 0.505 e. The molecule has 5 heteroatoms. The summed E-state index contributed by atoms with van der Waals surface area (Å²) in [6, 6.07) is 0.757. The number of fused-ring (bicyclic) bond motifs is 6. The Morgan fingerprint density at radius 2 is 1.60 bits per heavy atom. The van der Waals surface area contributed by atoms with Crippen LogP contribution in [-0.2, 0) is 13.3 Å². The molecule has 0 aliphatic carbocycles. The second-order valence-electron chi connectivity index (χ2n) is 4.20. The lowest BCUT2D eigenvalue weighted by molar-refractivity contribution is -0.00679. The molecule has 3 aliphatic rings. The lowest BCUT2D eigenvalue weighted by Gasteiger charge is -2.38. The zero-order chi connectivity index (χ0) is 10.7. The summed E-state index contributed by atoms with van der Waals surface area (Å²) in [5, 5.41) is 0. The average molecular weight is 229 g/mol. The molecular formula is C10H19NO3Si. The Morgan fingerprint density at radius 1 is 1.13 bits per heavy atom. The lowest BCUT2D eigenvalue weighted by atomic mass is 10.4. The third-order valence-corrected chi connectivity index (χ3v) is 5.68. The number of hydrogen-bond donors (Lipinski definition) is 0. The van der Waals surface area contributed by atoms with Crippen molar-refractivity contribution in [3.8, 4) is 0 Å². The van der Waals surface area contributed by atoms with E-state index in [0.29, 0.717) is 0 Å². The molecule has 0 aromatic carbocycles. The smallest absolute Gasteiger partial charge is 0.372 e. The Hall–Kier alpha value is -0.203. The Kier molecular flexibility index (Phi) is 3.58. The van der Waals surface area contributed by atoms with Crippen LogP contribution in [0.3, 0.4) is 0 Å². The van der Waals surface area contributed by atoms with Gasteiger partial charge in [0.2, 0.25) is 0 Å². The monoisotopic (exact) mass is 229 g/mol. The van der Waals surface area contributed by atoms with Crippen LogP contribution < -0.4 is 0 Å². The van der Waals surface area contributed by atoms with Crippen LogP contribution in [0.2, 0.25) is 6.04 Å². The summed E-state index contributed by atoms with van der Waals surface area (Å²) in [4.78, 5) is 2.32. The molecule has 3 rings (SSSR count). The molecule has 3 aliphatic heterocycles. The summed E-state index contributed by atoms with van der Waals surface area (Å²) >= 11 is 0. The molecule has 0 unspecified atom stereocenters. The van der Waals surface area contributed by atoms with Gasteiger partial charge in [-0.05, 0) is 6.92 Å². The van der Waals surface area contributed by atoms with Crippen LogP contribution in [0.1, 0.15) is 6.92 Å². The quantitative estimate of drug-likeness (QED) is 0.519. The first-order chi connectivity index (χ1) is 7.20. The van der Waals surface area contributed by atoms with Crippen molar-refractivity contribution in [3.05, 3.63) is 12.2 Å². The van der Waals surface area contributed by atoms with E-state index in [1.165, 1.54) is 0 Å². The van der Waals surface area contributed by atoms with E-state index in [0.717, 1.165) is 51.1 Å². The fraction of sp³-hybridized carbons (Fsp3) is 0.800. The fourth-order valence-corrected chi connectivity index (χ4v) is 4.48. The van der Waals surface area contributed by atoms with Crippen LogP contribution >= 0.6 is 0 Å². The summed E-state index contributed by atoms with van der Waals surface area (Å²) in [5.74, 6) is 0. The Balaban J connectivity index is 2.08. The standard InChI is InChI=1S/C10H19NO3Si/c1-10(2)9-15-12-6-3-11(4-7-13-15)5-8-14-15/h1,3-9H2,2H3. The van der Waals surface area contributed by atoms with Crippen LogP contribution in [0.25, 0.3) is 0 Å². The highest BCUT2D eigenvalue weighted by atomic mass is 28.4. The maximum atomic E-state index is 5.84. The number of hydrogen-bond acceptors (Lipinski definition) is 4. The minimum absolute atomic E-state index is 0.722. The van der Waals surface area contributed by atoms with E-state index in [9.17, 15) is 0 Å². The highest BCUT2D eigenvalue weighted by molar-refractivity contribution is 6.61. The van der Waals surface area contributed by atoms with E-state index in [1.54, 1.807) is 0 Å². The zero-order valence-electron chi connectivity index (χ0n) is 9.33. The zero-order valence-corrected chi connectivity index (χ0v) is 10.3. The molecule has 3 heterocycles. The largest absolute Gasteiger partial charge is 0.505 e. The van der Waals surface area contributed by atoms with Crippen molar-refractivity contribution < 1.29 is 13.3 Å². The summed E-state index contributed by atoms with van der Waals surface area (Å²) in [5.41, 5.74) is 1.08. The van der Waals surface area contributed by atoms with Gasteiger partial charge < -0.3 is 13.3 Å². The second-order valence-corrected chi connectivity index (χ2v) is 6.79. The molecule has 0 aromatic heterocycles. The van der Waals surface area contributed by atoms with E-state index in [4.69, 9.17) is 13.3 Å². The van der Waals surface area contributed by atoms with Gasteiger partial charge in [-0.2, -0.15) is 0 Å². The van der Waals surface area contributed by atoms with Crippen LogP contribution in [0.4, 0.5) is 0 Å². The van der Waals surface area contributed by atoms with Gasteiger partial charge in [-0.3, -0.25) is 4.90 Å². The Labute approximate surface area is 92.2 Å². The summed E-state index contributed by atoms with van der Waals surface area (Å²) in [6.45, 7) is 11.1. The number of allylic oxidation sites excluding steroid dienone is 1. The minimum Gasteiger partial charge on any atom is -0.372 e. The normalized spacial score (nSPS) is 36.7. The number of nitrogens with zero attached hydrogens (tertiary/aromatic N) is 1. The third-order valence-electron chi connectivity index (χ3n) is 2.71. The van der Waals surface area contributed by atoms with Gasteiger partial charge in [0.15, 0.2) is 0 Å². The summed E-state index contributed by atoms with van der Waals surface area (Å²) in [7, 11) is -2.42. The van der Waals surface area contributed by atoms with Gasteiger partial charge in [0.25, 0.3) is 0 Å². The van der Waals surface area contributed by atoms with Crippen molar-refractivity contribution in [2.75, 3.05) is 39.5 Å². The van der Waals surface area contributed by atoms with Gasteiger partial charge in [-0.25, -0.2) is 0 Å². The molecule has 86 valence electrons. The molecule has 0 amide bonds. The first-order valence-electron chi connectivity index (χ1n) is 5.49. The van der Waals surface area contributed by atoms with Crippen molar-refractivity contribution in [1.82, 2.24) is 4.90 Å². The molecule has 3 fully saturated rings. The van der Waals surface area contributed by atoms with Crippen molar-refractivity contribution in [1.29, 1.82) is 0 Å². The Bertz CT molecular complexity index is 220. The van der Waals surface area contributed by atoms with Crippen molar-refractivity contribution in [2.24, 2.45) is 0 Å². The molecule has 15 heavy (non-hydrogen) atoms. The molecule has 3 saturated heterocycles. The van der Waals surface area contributed by atoms with E-state index in [1.807, 2.05) is 6.92 Å². The fourth-order valence-electron chi connectivity index (χ4n) is 1.97. The van der Waals surface area contributed by atoms with Gasteiger partial charge >= 0.3 is 8.80 Å². The SMILES string of the molecule is C=C(C)C[Si]12OCCN(CCO1)CCO2. The minimum atomic E-state index is -2.42. The Morgan fingerprint density at radius 3 is 2.00 bits per heavy atom. The summed E-state index contributed by atoms with van der Waals surface area (Å²) in [6.07, 6.45) is 0. The molecule has 0 aromatic rings. The number of rotatable bonds is 2. The predicted molar refractivity (Wildman–Crippen MR) is 59.7 cm³/mol. The summed E-state index contributed by atoms with van der Waals surface area (Å²) < 4.78 is 17.5. The van der Waals surface area contributed by atoms with Crippen LogP contribution in [0.15, 0.2) is 12.2 Å². The first kappa shape index (κ1) is 11.3. The topological polar surface area (TPSA) is 30.9 Å². The van der Waals surface area contributed by atoms with Crippen LogP contribution in [0.5, 0.6) is 0 Å². The van der Waals surface area contributed by atoms with Gasteiger partial charge in [0, 0.05) is 25.7 Å². The van der Waals surface area contributed by atoms with Crippen molar-refractivity contribution in [3.63, 3.8) is 0 Å². The molecule has 0 N–H and O–H groups in total. The van der Waals surface area contributed by atoms with Crippen LogP contribution in [0, 0.1) is 0 Å². The average Bonchev–Trinajstić information content (AvgIpc) is 2.05. The predicted octanol–water partition coefficient (Wildman–Crippen LogP) is 0.880. The first-order valence-corrected chi connectivity index (χ1v) is 7.42. The maximum absolute atomic E-state index is 5.84. The van der Waals surface area contributed by atoms with Gasteiger partial charge in [0.1, 0.15) is 0 Å². The highest BCUT2D eigenvalue weighted by Gasteiger charge is 2.43. The lowest BCUT2D eigenvalue weighted by Crippen LogP contribution is -2.55. The molecule has 0 radical (unpaired) electrons. The molecule has 0 saturated carbocycles. The molecular weight excluding hydrogens is 210 g/mol. The molecule has 2 bridgehead atoms. The van der Waals surface area contributed by atoms with Gasteiger partial charge in [-0.1, -0.05) is 5.57 Å². The van der Waals surface area contributed by atoms with Crippen molar-refractivity contribution in [2.45, 2.75) is 13.0 Å². The van der Waals surface area contributed by atoms with E-state index in [2.05, 4.69) is 11.5 Å². The van der Waals surface area contributed by atoms with Gasteiger partial charge in [-0.15, -0.1) is 6.58 Å². The van der Waals surface area contributed by atoms with Crippen LogP contribution in [-0.4, -0.2) is 53.2 Å². The molecule has 4 nitrogen and oxygen atoms in total. The van der Waals surface area contributed by atoms with E-state index >= 15 is 0 Å². The van der Waals surface area contributed by atoms with Gasteiger partial charge in [0.05, 0.1) is 19.8 Å². The highest BCUT2D eigenvalue weighted by Crippen LogP contribution is 2.23. The van der Waals surface area contributed by atoms with Crippen molar-refractivity contribution >= 4 is 8.80 Å². The molecule has 0 atom stereocenters. The van der Waals surface area contributed by atoms with E-state index < -0.39 is 8.80 Å². The molecule has 0 spiro atoms. The van der Waals surface area contributed by atoms with E-state index in [-0.39, 0.29) is 0 Å². The third kappa shape index (κ3) is 2.89. The second kappa shape index (κ2) is 4.76.